The van der Waals surface area contributed by atoms with E-state index in [2.05, 4.69) is 10.0 Å². The third kappa shape index (κ3) is 5.88. The molecule has 0 heterocycles. The lowest BCUT2D eigenvalue weighted by atomic mass is 10.1. The third-order valence-corrected chi connectivity index (χ3v) is 5.60. The molecule has 0 fully saturated rings. The van der Waals surface area contributed by atoms with Crippen molar-refractivity contribution >= 4 is 39.1 Å². The molecule has 10 heteroatoms. The molecule has 0 radical (unpaired) electrons. The van der Waals surface area contributed by atoms with Crippen molar-refractivity contribution in [2.45, 2.75) is 24.0 Å². The highest BCUT2D eigenvalue weighted by molar-refractivity contribution is 7.89. The molecule has 0 spiro atoms. The Morgan fingerprint density at radius 2 is 1.78 bits per heavy atom. The van der Waals surface area contributed by atoms with E-state index < -0.39 is 38.8 Å². The van der Waals surface area contributed by atoms with Crippen LogP contribution in [0.15, 0.2) is 47.4 Å². The number of nitrogens with one attached hydrogen (secondary N) is 2. The number of amides is 1. The molecule has 27 heavy (non-hydrogen) atoms. The van der Waals surface area contributed by atoms with Crippen LogP contribution in [0.1, 0.15) is 18.6 Å². The summed E-state index contributed by atoms with van der Waals surface area (Å²) in [5.41, 5.74) is 0.396. The standard InChI is InChI=1S/C17H17Cl2FN2O4S/c1-10(22-27(25,26)16-5-3-2-4-14(16)20)17(24)21-9-15(23)11-6-12(18)8-13(19)7-11/h2-8,10,15,22-23H,9H2,1H3,(H,21,24)/t10-,15?/m0/s1. The normalized spacial score (nSPS) is 13.8. The lowest BCUT2D eigenvalue weighted by Crippen LogP contribution is -2.45. The van der Waals surface area contributed by atoms with Crippen LogP contribution in [0.3, 0.4) is 0 Å². The monoisotopic (exact) mass is 434 g/mol. The van der Waals surface area contributed by atoms with E-state index in [1.807, 2.05) is 0 Å². The van der Waals surface area contributed by atoms with E-state index in [0.29, 0.717) is 15.6 Å². The summed E-state index contributed by atoms with van der Waals surface area (Å²) in [4.78, 5) is 11.6. The molecule has 6 nitrogen and oxygen atoms in total. The average molecular weight is 435 g/mol. The largest absolute Gasteiger partial charge is 0.387 e. The van der Waals surface area contributed by atoms with Crippen molar-refractivity contribution in [1.29, 1.82) is 0 Å². The van der Waals surface area contributed by atoms with Crippen molar-refractivity contribution in [1.82, 2.24) is 10.0 Å². The maximum Gasteiger partial charge on any atom is 0.244 e. The minimum atomic E-state index is -4.22. The molecule has 1 unspecified atom stereocenters. The Bertz CT molecular complexity index is 920. The average Bonchev–Trinajstić information content (AvgIpc) is 2.58. The number of benzene rings is 2. The summed E-state index contributed by atoms with van der Waals surface area (Å²) in [6.45, 7) is 1.11. The van der Waals surface area contributed by atoms with Gasteiger partial charge in [-0.3, -0.25) is 4.79 Å². The first-order valence-electron chi connectivity index (χ1n) is 7.79. The van der Waals surface area contributed by atoms with Gasteiger partial charge < -0.3 is 10.4 Å². The molecular weight excluding hydrogens is 418 g/mol. The van der Waals surface area contributed by atoms with Crippen molar-refractivity contribution < 1.29 is 22.7 Å². The summed E-state index contributed by atoms with van der Waals surface area (Å²) in [7, 11) is -4.22. The van der Waals surface area contributed by atoms with Crippen molar-refractivity contribution in [2.75, 3.05) is 6.54 Å². The van der Waals surface area contributed by atoms with Crippen LogP contribution in [-0.4, -0.2) is 32.0 Å². The minimum Gasteiger partial charge on any atom is -0.387 e. The Hall–Kier alpha value is -1.71. The van der Waals surface area contributed by atoms with E-state index in [4.69, 9.17) is 23.2 Å². The number of halogens is 3. The molecule has 0 aromatic heterocycles. The first-order valence-corrected chi connectivity index (χ1v) is 10.0. The van der Waals surface area contributed by atoms with Crippen molar-refractivity contribution in [2.24, 2.45) is 0 Å². The van der Waals surface area contributed by atoms with Gasteiger partial charge in [-0.15, -0.1) is 0 Å². The second-order valence-corrected chi connectivity index (χ2v) is 8.29. The molecule has 1 amide bonds. The molecule has 2 rings (SSSR count). The van der Waals surface area contributed by atoms with E-state index >= 15 is 0 Å². The van der Waals surface area contributed by atoms with Gasteiger partial charge in [0.05, 0.1) is 12.1 Å². The molecule has 3 N–H and O–H groups in total. The Morgan fingerprint density at radius 3 is 2.37 bits per heavy atom. The molecule has 0 aliphatic heterocycles. The minimum absolute atomic E-state index is 0.193. The maximum absolute atomic E-state index is 13.7. The Balaban J connectivity index is 1.98. The quantitative estimate of drug-likeness (QED) is 0.623. The Kier molecular flexibility index (Phi) is 7.19. The van der Waals surface area contributed by atoms with Crippen molar-refractivity contribution in [3.63, 3.8) is 0 Å². The predicted octanol–water partition coefficient (Wildman–Crippen LogP) is 2.65. The number of rotatable bonds is 7. The van der Waals surface area contributed by atoms with Gasteiger partial charge >= 0.3 is 0 Å². The first-order chi connectivity index (χ1) is 12.6. The van der Waals surface area contributed by atoms with Crippen molar-refractivity contribution in [3.05, 3.63) is 63.9 Å². The van der Waals surface area contributed by atoms with Gasteiger partial charge in [0.2, 0.25) is 15.9 Å². The van der Waals surface area contributed by atoms with E-state index in [-0.39, 0.29) is 6.54 Å². The van der Waals surface area contributed by atoms with E-state index in [0.717, 1.165) is 12.1 Å². The molecule has 2 atom stereocenters. The van der Waals surface area contributed by atoms with Crippen molar-refractivity contribution in [3.8, 4) is 0 Å². The molecule has 2 aromatic carbocycles. The molecule has 146 valence electrons. The molecule has 0 aliphatic rings. The lowest BCUT2D eigenvalue weighted by Gasteiger charge is -2.17. The van der Waals surface area contributed by atoms with Crippen LogP contribution < -0.4 is 10.0 Å². The highest BCUT2D eigenvalue weighted by Crippen LogP contribution is 2.23. The molecular formula is C17H17Cl2FN2O4S. The maximum atomic E-state index is 13.7. The summed E-state index contributed by atoms with van der Waals surface area (Å²) in [5.74, 6) is -1.62. The van der Waals surface area contributed by atoms with Gasteiger partial charge in [0.25, 0.3) is 0 Å². The molecule has 2 aromatic rings. The van der Waals surface area contributed by atoms with E-state index in [1.165, 1.54) is 37.3 Å². The van der Waals surface area contributed by atoms with Gasteiger partial charge in [-0.2, -0.15) is 4.72 Å². The van der Waals surface area contributed by atoms with Crippen LogP contribution in [0.4, 0.5) is 4.39 Å². The van der Waals surface area contributed by atoms with Crippen LogP contribution in [0, 0.1) is 5.82 Å². The highest BCUT2D eigenvalue weighted by atomic mass is 35.5. The second kappa shape index (κ2) is 8.99. The molecule has 0 bridgehead atoms. The Labute approximate surface area is 166 Å². The van der Waals surface area contributed by atoms with Gasteiger partial charge in [-0.05, 0) is 42.8 Å². The van der Waals surface area contributed by atoms with Crippen LogP contribution in [0.5, 0.6) is 0 Å². The number of carbonyl (C=O) groups excluding carboxylic acids is 1. The zero-order chi connectivity index (χ0) is 20.2. The number of sulfonamides is 1. The van der Waals surface area contributed by atoms with Gasteiger partial charge in [0.15, 0.2) is 0 Å². The lowest BCUT2D eigenvalue weighted by molar-refractivity contribution is -0.122. The zero-order valence-electron chi connectivity index (χ0n) is 14.1. The number of carbonyl (C=O) groups is 1. The van der Waals surface area contributed by atoms with Gasteiger partial charge in [-0.25, -0.2) is 12.8 Å². The summed E-state index contributed by atoms with van der Waals surface area (Å²) >= 11 is 11.7. The second-order valence-electron chi connectivity index (χ2n) is 5.74. The summed E-state index contributed by atoms with van der Waals surface area (Å²) in [5, 5.41) is 13.2. The molecule has 0 aliphatic carbocycles. The van der Waals surface area contributed by atoms with Gasteiger partial charge in [0, 0.05) is 16.6 Å². The van der Waals surface area contributed by atoms with Crippen LogP contribution in [-0.2, 0) is 14.8 Å². The fourth-order valence-electron chi connectivity index (χ4n) is 2.25. The summed E-state index contributed by atoms with van der Waals surface area (Å²) in [6.07, 6.45) is -1.10. The topological polar surface area (TPSA) is 95.5 Å². The van der Waals surface area contributed by atoms with Gasteiger partial charge in [0.1, 0.15) is 10.7 Å². The smallest absolute Gasteiger partial charge is 0.244 e. The van der Waals surface area contributed by atoms with Crippen LogP contribution in [0.25, 0.3) is 0 Å². The third-order valence-electron chi connectivity index (χ3n) is 3.59. The number of aliphatic hydroxyl groups excluding tert-OH is 1. The number of hydrogen-bond donors (Lipinski definition) is 3. The van der Waals surface area contributed by atoms with Crippen LogP contribution in [0.2, 0.25) is 10.0 Å². The fourth-order valence-corrected chi connectivity index (χ4v) is 4.07. The summed E-state index contributed by atoms with van der Waals surface area (Å²) in [6, 6.07) is 8.12. The molecule has 0 saturated carbocycles. The van der Waals surface area contributed by atoms with E-state index in [9.17, 15) is 22.7 Å². The predicted molar refractivity (Wildman–Crippen MR) is 101 cm³/mol. The van der Waals surface area contributed by atoms with Crippen LogP contribution >= 0.6 is 23.2 Å². The SMILES string of the molecule is C[C@H](NS(=O)(=O)c1ccccc1F)C(=O)NCC(O)c1cc(Cl)cc(Cl)c1. The fraction of sp³-hybridized carbons (Fsp3) is 0.235. The summed E-state index contributed by atoms with van der Waals surface area (Å²) < 4.78 is 40.1. The Morgan fingerprint density at radius 1 is 1.19 bits per heavy atom. The molecule has 0 saturated heterocycles. The first kappa shape index (κ1) is 21.6. The highest BCUT2D eigenvalue weighted by Gasteiger charge is 2.24. The number of aliphatic hydroxyl groups is 1. The van der Waals surface area contributed by atoms with E-state index in [1.54, 1.807) is 0 Å². The zero-order valence-corrected chi connectivity index (χ0v) is 16.4. The van der Waals surface area contributed by atoms with Gasteiger partial charge in [-0.1, -0.05) is 35.3 Å². The number of hydrogen-bond acceptors (Lipinski definition) is 4.